The molecule has 0 spiro atoms. The predicted molar refractivity (Wildman–Crippen MR) is 109 cm³/mol. The Labute approximate surface area is 160 Å². The summed E-state index contributed by atoms with van der Waals surface area (Å²) in [6, 6.07) is 16.7. The minimum atomic E-state index is 0.777. The summed E-state index contributed by atoms with van der Waals surface area (Å²) < 4.78 is 0. The predicted octanol–water partition coefficient (Wildman–Crippen LogP) is 3.21. The number of hydrogen-bond donors (Lipinski definition) is 0. The Morgan fingerprint density at radius 3 is 2.37 bits per heavy atom. The van der Waals surface area contributed by atoms with Crippen molar-refractivity contribution in [2.75, 3.05) is 37.6 Å². The highest BCUT2D eigenvalue weighted by molar-refractivity contribution is 5.57. The molecule has 3 heterocycles. The molecule has 0 radical (unpaired) electrons. The Hall–Kier alpha value is -2.79. The minimum Gasteiger partial charge on any atom is -0.354 e. The van der Waals surface area contributed by atoms with E-state index in [4.69, 9.17) is 4.98 Å². The normalized spacial score (nSPS) is 15.1. The van der Waals surface area contributed by atoms with Gasteiger partial charge in [-0.05, 0) is 31.0 Å². The number of piperazine rings is 1. The van der Waals surface area contributed by atoms with E-state index in [0.29, 0.717) is 0 Å². The van der Waals surface area contributed by atoms with Crippen LogP contribution >= 0.6 is 0 Å². The van der Waals surface area contributed by atoms with Gasteiger partial charge in [0.2, 0.25) is 0 Å². The van der Waals surface area contributed by atoms with Crippen molar-refractivity contribution in [2.24, 2.45) is 0 Å². The van der Waals surface area contributed by atoms with Crippen molar-refractivity contribution < 1.29 is 0 Å². The lowest BCUT2D eigenvalue weighted by Gasteiger charge is -2.35. The van der Waals surface area contributed by atoms with Gasteiger partial charge in [-0.15, -0.1) is 0 Å². The van der Waals surface area contributed by atoms with Crippen molar-refractivity contribution in [2.45, 2.75) is 13.3 Å². The fraction of sp³-hybridized carbons (Fsp3) is 0.318. The molecule has 0 aliphatic carbocycles. The summed E-state index contributed by atoms with van der Waals surface area (Å²) in [6.07, 6.45) is 4.68. The third kappa shape index (κ3) is 4.49. The zero-order valence-corrected chi connectivity index (χ0v) is 15.8. The molecule has 0 N–H and O–H groups in total. The molecule has 138 valence electrons. The number of hydrogen-bond acceptors (Lipinski definition) is 5. The van der Waals surface area contributed by atoms with E-state index in [1.165, 1.54) is 5.56 Å². The Kier molecular flexibility index (Phi) is 5.39. The summed E-state index contributed by atoms with van der Waals surface area (Å²) in [6.45, 7) is 7.29. The summed E-state index contributed by atoms with van der Waals surface area (Å²) in [5.74, 6) is 1.80. The smallest absolute Gasteiger partial charge is 0.161 e. The topological polar surface area (TPSA) is 45.2 Å². The number of pyridine rings is 1. The first-order valence-electron chi connectivity index (χ1n) is 9.55. The average molecular weight is 359 g/mol. The molecule has 1 aliphatic rings. The SMILES string of the molecule is Cc1cc(N2CCN(CCc3ccccc3)CC2)nc(-c2ccncc2)n1. The molecule has 0 atom stereocenters. The van der Waals surface area contributed by atoms with Crippen molar-refractivity contribution in [3.8, 4) is 11.4 Å². The van der Waals surface area contributed by atoms with Crippen molar-refractivity contribution in [1.82, 2.24) is 19.9 Å². The van der Waals surface area contributed by atoms with E-state index < -0.39 is 0 Å². The van der Waals surface area contributed by atoms with Gasteiger partial charge < -0.3 is 4.90 Å². The van der Waals surface area contributed by atoms with E-state index in [1.807, 2.05) is 19.1 Å². The van der Waals surface area contributed by atoms with Crippen LogP contribution in [0.1, 0.15) is 11.3 Å². The first kappa shape index (κ1) is 17.6. The number of aryl methyl sites for hydroxylation is 1. The third-order valence-electron chi connectivity index (χ3n) is 5.04. The molecule has 1 aromatic carbocycles. The second kappa shape index (κ2) is 8.27. The van der Waals surface area contributed by atoms with E-state index in [2.05, 4.69) is 56.2 Å². The maximum atomic E-state index is 4.81. The highest BCUT2D eigenvalue weighted by atomic mass is 15.3. The van der Waals surface area contributed by atoms with E-state index in [-0.39, 0.29) is 0 Å². The number of benzene rings is 1. The second-order valence-corrected chi connectivity index (χ2v) is 6.99. The first-order chi connectivity index (χ1) is 13.3. The van der Waals surface area contributed by atoms with Gasteiger partial charge in [0, 0.05) is 62.4 Å². The lowest BCUT2D eigenvalue weighted by Crippen LogP contribution is -2.47. The molecule has 3 aromatic rings. The molecule has 27 heavy (non-hydrogen) atoms. The highest BCUT2D eigenvalue weighted by Gasteiger charge is 2.19. The van der Waals surface area contributed by atoms with Crippen LogP contribution in [0.4, 0.5) is 5.82 Å². The number of anilines is 1. The Bertz CT molecular complexity index is 858. The Morgan fingerprint density at radius 1 is 0.889 bits per heavy atom. The van der Waals surface area contributed by atoms with Crippen molar-refractivity contribution in [1.29, 1.82) is 0 Å². The maximum absolute atomic E-state index is 4.81. The Morgan fingerprint density at radius 2 is 1.63 bits per heavy atom. The summed E-state index contributed by atoms with van der Waals surface area (Å²) in [5.41, 5.74) is 3.42. The quantitative estimate of drug-likeness (QED) is 0.700. The second-order valence-electron chi connectivity index (χ2n) is 6.99. The van der Waals surface area contributed by atoms with Gasteiger partial charge in [0.25, 0.3) is 0 Å². The summed E-state index contributed by atoms with van der Waals surface area (Å²) in [7, 11) is 0. The monoisotopic (exact) mass is 359 g/mol. The van der Waals surface area contributed by atoms with Crippen LogP contribution in [0.25, 0.3) is 11.4 Å². The van der Waals surface area contributed by atoms with E-state index >= 15 is 0 Å². The molecule has 0 saturated carbocycles. The zero-order chi connectivity index (χ0) is 18.5. The number of rotatable bonds is 5. The molecule has 0 amide bonds. The standard InChI is InChI=1S/C22H25N5/c1-18-17-21(25-22(24-18)20-7-10-23-11-8-20)27-15-13-26(14-16-27)12-9-19-5-3-2-4-6-19/h2-8,10-11,17H,9,12-16H2,1H3. The largest absolute Gasteiger partial charge is 0.354 e. The fourth-order valence-electron chi connectivity index (χ4n) is 3.48. The van der Waals surface area contributed by atoms with E-state index in [1.54, 1.807) is 12.4 Å². The average Bonchev–Trinajstić information content (AvgIpc) is 2.73. The summed E-state index contributed by atoms with van der Waals surface area (Å²) in [4.78, 5) is 18.4. The molecule has 1 saturated heterocycles. The molecule has 1 fully saturated rings. The fourth-order valence-corrected chi connectivity index (χ4v) is 3.48. The summed E-state index contributed by atoms with van der Waals surface area (Å²) in [5, 5.41) is 0. The van der Waals surface area contributed by atoms with Gasteiger partial charge in [-0.25, -0.2) is 9.97 Å². The van der Waals surface area contributed by atoms with Gasteiger partial charge in [-0.2, -0.15) is 0 Å². The first-order valence-corrected chi connectivity index (χ1v) is 9.55. The van der Waals surface area contributed by atoms with Crippen LogP contribution in [0.15, 0.2) is 60.9 Å². The van der Waals surface area contributed by atoms with Crippen molar-refractivity contribution in [3.63, 3.8) is 0 Å². The minimum absolute atomic E-state index is 0.777. The maximum Gasteiger partial charge on any atom is 0.161 e. The summed E-state index contributed by atoms with van der Waals surface area (Å²) >= 11 is 0. The van der Waals surface area contributed by atoms with Gasteiger partial charge in [0.05, 0.1) is 0 Å². The number of aromatic nitrogens is 3. The molecule has 2 aromatic heterocycles. The number of nitrogens with zero attached hydrogens (tertiary/aromatic N) is 5. The molecule has 5 heteroatoms. The molecular formula is C22H25N5. The van der Waals surface area contributed by atoms with Gasteiger partial charge >= 0.3 is 0 Å². The van der Waals surface area contributed by atoms with Crippen molar-refractivity contribution in [3.05, 3.63) is 72.2 Å². The van der Waals surface area contributed by atoms with Crippen LogP contribution in [0.5, 0.6) is 0 Å². The van der Waals surface area contributed by atoms with Gasteiger partial charge in [0.15, 0.2) is 5.82 Å². The van der Waals surface area contributed by atoms with Gasteiger partial charge in [0.1, 0.15) is 5.82 Å². The molecule has 1 aliphatic heterocycles. The highest BCUT2D eigenvalue weighted by Crippen LogP contribution is 2.20. The van der Waals surface area contributed by atoms with Crippen molar-refractivity contribution >= 4 is 5.82 Å². The third-order valence-corrected chi connectivity index (χ3v) is 5.04. The zero-order valence-electron chi connectivity index (χ0n) is 15.8. The van der Waals surface area contributed by atoms with Crippen LogP contribution in [0, 0.1) is 6.92 Å². The molecular weight excluding hydrogens is 334 g/mol. The van der Waals surface area contributed by atoms with Gasteiger partial charge in [-0.3, -0.25) is 9.88 Å². The van der Waals surface area contributed by atoms with Gasteiger partial charge in [-0.1, -0.05) is 30.3 Å². The molecule has 4 rings (SSSR count). The van der Waals surface area contributed by atoms with Crippen LogP contribution < -0.4 is 4.90 Å². The molecule has 0 bridgehead atoms. The lowest BCUT2D eigenvalue weighted by molar-refractivity contribution is 0.260. The van der Waals surface area contributed by atoms with Crippen LogP contribution in [-0.2, 0) is 6.42 Å². The van der Waals surface area contributed by atoms with E-state index in [9.17, 15) is 0 Å². The Balaban J connectivity index is 1.39. The van der Waals surface area contributed by atoms with Crippen LogP contribution in [0.3, 0.4) is 0 Å². The molecule has 5 nitrogen and oxygen atoms in total. The lowest BCUT2D eigenvalue weighted by atomic mass is 10.1. The van der Waals surface area contributed by atoms with Crippen LogP contribution in [0.2, 0.25) is 0 Å². The molecule has 0 unspecified atom stereocenters. The van der Waals surface area contributed by atoms with Crippen LogP contribution in [-0.4, -0.2) is 52.6 Å². The van der Waals surface area contributed by atoms with E-state index in [0.717, 1.165) is 62.0 Å².